The van der Waals surface area contributed by atoms with Crippen molar-refractivity contribution in [1.82, 2.24) is 20.1 Å². The molecule has 0 amide bonds. The third-order valence-electron chi connectivity index (χ3n) is 5.06. The van der Waals surface area contributed by atoms with Crippen molar-refractivity contribution in [1.29, 1.82) is 0 Å². The van der Waals surface area contributed by atoms with E-state index in [1.54, 1.807) is 6.07 Å². The normalized spacial score (nSPS) is 13.0. The number of aryl methyl sites for hydroxylation is 1. The van der Waals surface area contributed by atoms with Crippen LogP contribution in [0.2, 0.25) is 0 Å². The first-order valence-corrected chi connectivity index (χ1v) is 10.9. The molecule has 1 aromatic rings. The summed E-state index contributed by atoms with van der Waals surface area (Å²) in [7, 11) is 0. The Hall–Kier alpha value is -1.82. The average Bonchev–Trinajstić information content (AvgIpc) is 2.67. The minimum Gasteiger partial charge on any atom is -0.357 e. The lowest BCUT2D eigenvalue weighted by Gasteiger charge is -2.21. The van der Waals surface area contributed by atoms with Gasteiger partial charge in [0.1, 0.15) is 0 Å². The van der Waals surface area contributed by atoms with E-state index in [0.717, 1.165) is 70.2 Å². The van der Waals surface area contributed by atoms with Crippen LogP contribution in [-0.4, -0.2) is 54.2 Å². The SMILES string of the molecule is CCNC(=NCCCCn1c(C)cccc1=O)NC(C)CCCN(CC)CC. The fourth-order valence-electron chi connectivity index (χ4n) is 3.27. The first-order valence-electron chi connectivity index (χ1n) is 10.9. The summed E-state index contributed by atoms with van der Waals surface area (Å²) in [6.45, 7) is 16.5. The number of rotatable bonds is 13. The highest BCUT2D eigenvalue weighted by Crippen LogP contribution is 2.01. The maximum atomic E-state index is 11.9. The summed E-state index contributed by atoms with van der Waals surface area (Å²) in [5.41, 5.74) is 1.10. The Morgan fingerprint density at radius 2 is 1.93 bits per heavy atom. The lowest BCUT2D eigenvalue weighted by atomic mass is 10.2. The number of guanidine groups is 1. The van der Waals surface area contributed by atoms with E-state index in [-0.39, 0.29) is 5.56 Å². The molecule has 1 heterocycles. The van der Waals surface area contributed by atoms with Crippen LogP contribution in [0.5, 0.6) is 0 Å². The van der Waals surface area contributed by atoms with Crippen LogP contribution in [0.25, 0.3) is 0 Å². The van der Waals surface area contributed by atoms with E-state index in [2.05, 4.69) is 43.2 Å². The summed E-state index contributed by atoms with van der Waals surface area (Å²) in [4.78, 5) is 19.1. The van der Waals surface area contributed by atoms with E-state index in [1.165, 1.54) is 6.42 Å². The molecule has 0 bridgehead atoms. The molecule has 0 fully saturated rings. The molecule has 2 N–H and O–H groups in total. The number of aromatic nitrogens is 1. The van der Waals surface area contributed by atoms with Gasteiger partial charge >= 0.3 is 0 Å². The minimum atomic E-state index is 0.0806. The van der Waals surface area contributed by atoms with Gasteiger partial charge < -0.3 is 20.1 Å². The van der Waals surface area contributed by atoms with Crippen molar-refractivity contribution in [3.63, 3.8) is 0 Å². The van der Waals surface area contributed by atoms with Crippen LogP contribution in [0, 0.1) is 6.92 Å². The standard InChI is InChI=1S/C22H41N5O/c1-6-23-22(25-19(4)13-12-17-26(7-2)8-3)24-16-9-10-18-27-20(5)14-11-15-21(27)28/h11,14-15,19H,6-10,12-13,16-18H2,1-5H3,(H2,23,24,25). The zero-order valence-corrected chi connectivity index (χ0v) is 18.6. The predicted octanol–water partition coefficient (Wildman–Crippen LogP) is 3.00. The van der Waals surface area contributed by atoms with Crippen LogP contribution in [0.3, 0.4) is 0 Å². The average molecular weight is 392 g/mol. The third kappa shape index (κ3) is 9.40. The quantitative estimate of drug-likeness (QED) is 0.308. The van der Waals surface area contributed by atoms with Crippen molar-refractivity contribution in [2.24, 2.45) is 4.99 Å². The molecule has 28 heavy (non-hydrogen) atoms. The molecule has 1 unspecified atom stereocenters. The van der Waals surface area contributed by atoms with E-state index >= 15 is 0 Å². The van der Waals surface area contributed by atoms with Crippen molar-refractivity contribution < 1.29 is 0 Å². The van der Waals surface area contributed by atoms with Crippen LogP contribution in [0.15, 0.2) is 28.0 Å². The maximum absolute atomic E-state index is 11.9. The van der Waals surface area contributed by atoms with Crippen molar-refractivity contribution in [3.8, 4) is 0 Å². The second-order valence-electron chi connectivity index (χ2n) is 7.34. The lowest BCUT2D eigenvalue weighted by Crippen LogP contribution is -2.42. The van der Waals surface area contributed by atoms with E-state index in [4.69, 9.17) is 4.99 Å². The second-order valence-corrected chi connectivity index (χ2v) is 7.34. The molecule has 0 aliphatic carbocycles. The molecule has 0 aliphatic rings. The van der Waals surface area contributed by atoms with Crippen LogP contribution in [0.1, 0.15) is 59.1 Å². The molecule has 1 aromatic heterocycles. The number of unbranched alkanes of at least 4 members (excludes halogenated alkanes) is 1. The van der Waals surface area contributed by atoms with Crippen molar-refractivity contribution >= 4 is 5.96 Å². The Bertz CT molecular complexity index is 622. The van der Waals surface area contributed by atoms with E-state index < -0.39 is 0 Å². The highest BCUT2D eigenvalue weighted by atomic mass is 16.1. The van der Waals surface area contributed by atoms with Crippen molar-refractivity contribution in [2.75, 3.05) is 32.7 Å². The van der Waals surface area contributed by atoms with Gasteiger partial charge in [-0.05, 0) is 72.2 Å². The van der Waals surface area contributed by atoms with E-state index in [0.29, 0.717) is 6.04 Å². The van der Waals surface area contributed by atoms with Gasteiger partial charge in [0.15, 0.2) is 5.96 Å². The fourth-order valence-corrected chi connectivity index (χ4v) is 3.27. The molecular formula is C22H41N5O. The second kappa shape index (κ2) is 14.2. The van der Waals surface area contributed by atoms with Crippen molar-refractivity contribution in [3.05, 3.63) is 34.2 Å². The highest BCUT2D eigenvalue weighted by Gasteiger charge is 2.06. The molecule has 0 radical (unpaired) electrons. The predicted molar refractivity (Wildman–Crippen MR) is 120 cm³/mol. The molecule has 6 nitrogen and oxygen atoms in total. The summed E-state index contributed by atoms with van der Waals surface area (Å²) in [5.74, 6) is 0.894. The zero-order chi connectivity index (χ0) is 20.8. The van der Waals surface area contributed by atoms with Gasteiger partial charge in [-0.15, -0.1) is 0 Å². The van der Waals surface area contributed by atoms with Crippen LogP contribution in [0.4, 0.5) is 0 Å². The summed E-state index contributed by atoms with van der Waals surface area (Å²) in [6.07, 6.45) is 4.25. The van der Waals surface area contributed by atoms with Gasteiger partial charge in [-0.25, -0.2) is 0 Å². The summed E-state index contributed by atoms with van der Waals surface area (Å²) in [6, 6.07) is 5.82. The molecule has 160 valence electrons. The molecule has 1 atom stereocenters. The largest absolute Gasteiger partial charge is 0.357 e. The molecular weight excluding hydrogens is 350 g/mol. The van der Waals surface area contributed by atoms with Gasteiger partial charge in [0.05, 0.1) is 0 Å². The monoisotopic (exact) mass is 391 g/mol. The van der Waals surface area contributed by atoms with Gasteiger partial charge in [0.2, 0.25) is 0 Å². The molecule has 0 saturated heterocycles. The Kier molecular flexibility index (Phi) is 12.3. The van der Waals surface area contributed by atoms with E-state index in [9.17, 15) is 4.79 Å². The lowest BCUT2D eigenvalue weighted by molar-refractivity contribution is 0.292. The van der Waals surface area contributed by atoms with Gasteiger partial charge in [-0.1, -0.05) is 19.9 Å². The topological polar surface area (TPSA) is 61.7 Å². The maximum Gasteiger partial charge on any atom is 0.250 e. The molecule has 0 aliphatic heterocycles. The van der Waals surface area contributed by atoms with Gasteiger partial charge in [0, 0.05) is 37.4 Å². The first-order chi connectivity index (χ1) is 13.5. The smallest absolute Gasteiger partial charge is 0.250 e. The number of hydrogen-bond donors (Lipinski definition) is 2. The summed E-state index contributed by atoms with van der Waals surface area (Å²) in [5, 5.41) is 6.85. The van der Waals surface area contributed by atoms with Crippen molar-refractivity contribution in [2.45, 2.75) is 72.9 Å². The van der Waals surface area contributed by atoms with Gasteiger partial charge in [-0.2, -0.15) is 0 Å². The molecule has 0 saturated carbocycles. The Morgan fingerprint density at radius 1 is 1.18 bits per heavy atom. The Labute approximate surface area is 171 Å². The summed E-state index contributed by atoms with van der Waals surface area (Å²) < 4.78 is 1.84. The third-order valence-corrected chi connectivity index (χ3v) is 5.06. The highest BCUT2D eigenvalue weighted by molar-refractivity contribution is 5.80. The number of nitrogens with zero attached hydrogens (tertiary/aromatic N) is 3. The Morgan fingerprint density at radius 3 is 2.57 bits per heavy atom. The first kappa shape index (κ1) is 24.2. The summed E-state index contributed by atoms with van der Waals surface area (Å²) >= 11 is 0. The number of hydrogen-bond acceptors (Lipinski definition) is 3. The number of aliphatic imine (C=N–C) groups is 1. The number of nitrogens with one attached hydrogen (secondary N) is 2. The molecule has 0 spiro atoms. The minimum absolute atomic E-state index is 0.0806. The zero-order valence-electron chi connectivity index (χ0n) is 18.6. The Balaban J connectivity index is 2.37. The molecule has 1 rings (SSSR count). The molecule has 6 heteroatoms. The van der Waals surface area contributed by atoms with E-state index in [1.807, 2.05) is 23.6 Å². The fraction of sp³-hybridized carbons (Fsp3) is 0.727. The van der Waals surface area contributed by atoms with Gasteiger partial charge in [-0.3, -0.25) is 9.79 Å². The van der Waals surface area contributed by atoms with Crippen LogP contribution in [-0.2, 0) is 6.54 Å². The van der Waals surface area contributed by atoms with Crippen LogP contribution < -0.4 is 16.2 Å². The van der Waals surface area contributed by atoms with Crippen LogP contribution >= 0.6 is 0 Å². The molecule has 0 aromatic carbocycles. The number of pyridine rings is 1. The van der Waals surface area contributed by atoms with Gasteiger partial charge in [0.25, 0.3) is 5.56 Å².